The number of carboxylic acid groups (broad SMARTS) is 1. The number of carbonyl (C=O) groups is 3. The number of amides is 2. The number of rotatable bonds is 10. The number of benzene rings is 2. The minimum Gasteiger partial charge on any atom is -0.480 e. The van der Waals surface area contributed by atoms with Gasteiger partial charge in [0, 0.05) is 33.2 Å². The van der Waals surface area contributed by atoms with Gasteiger partial charge in [0.05, 0.1) is 0 Å². The molecule has 0 radical (unpaired) electrons. The Bertz CT molecular complexity index is 1040. The standard InChI is InChI=1S/C19H20B2Br2N2O8/c22-15-6-11(4-13(8-15)20(30)31)18(28)24-2-1-3-25(10-17(26)27)19(29)12-5-14(21(32)33)9-16(23)7-12/h4-9,30-33H,1-3,10H2,(H,24,28)(H,26,27). The highest BCUT2D eigenvalue weighted by Crippen LogP contribution is 2.14. The first-order valence-corrected chi connectivity index (χ1v) is 11.2. The van der Waals surface area contributed by atoms with Gasteiger partial charge in [-0.15, -0.1) is 0 Å². The second-order valence-corrected chi connectivity index (χ2v) is 8.86. The SMILES string of the molecule is O=C(O)CN(CCCNC(=O)c1cc(Br)cc(B(O)O)c1)C(=O)c1cc(Br)cc(B(O)O)c1. The number of aliphatic carboxylic acids is 1. The van der Waals surface area contributed by atoms with Gasteiger partial charge >= 0.3 is 20.2 Å². The molecule has 2 rings (SSSR count). The van der Waals surface area contributed by atoms with E-state index < -0.39 is 38.6 Å². The number of carbonyl (C=O) groups excluding carboxylic acids is 2. The van der Waals surface area contributed by atoms with E-state index in [2.05, 4.69) is 37.2 Å². The van der Waals surface area contributed by atoms with E-state index in [4.69, 9.17) is 5.11 Å². The number of nitrogens with one attached hydrogen (secondary N) is 1. The van der Waals surface area contributed by atoms with Crippen LogP contribution in [0.25, 0.3) is 0 Å². The van der Waals surface area contributed by atoms with Crippen LogP contribution in [0.1, 0.15) is 27.1 Å². The normalized spacial score (nSPS) is 10.5. The molecule has 0 aliphatic heterocycles. The molecule has 2 aromatic rings. The molecule has 0 unspecified atom stereocenters. The number of halogens is 2. The van der Waals surface area contributed by atoms with Crippen molar-refractivity contribution in [1.29, 1.82) is 0 Å². The highest BCUT2D eigenvalue weighted by Gasteiger charge is 2.22. The highest BCUT2D eigenvalue weighted by atomic mass is 79.9. The predicted octanol–water partition coefficient (Wildman–Crippen LogP) is -1.08. The van der Waals surface area contributed by atoms with Crippen LogP contribution in [0, 0.1) is 0 Å². The molecule has 0 aliphatic carbocycles. The van der Waals surface area contributed by atoms with E-state index >= 15 is 0 Å². The average Bonchev–Trinajstić information content (AvgIpc) is 2.73. The molecular formula is C19H20B2Br2N2O8. The van der Waals surface area contributed by atoms with Crippen molar-refractivity contribution in [3.63, 3.8) is 0 Å². The zero-order valence-corrected chi connectivity index (χ0v) is 20.3. The minimum absolute atomic E-state index is 0.00796. The smallest absolute Gasteiger partial charge is 0.480 e. The van der Waals surface area contributed by atoms with Crippen LogP contribution in [0.5, 0.6) is 0 Å². The topological polar surface area (TPSA) is 168 Å². The minimum atomic E-state index is -1.80. The van der Waals surface area contributed by atoms with Crippen molar-refractivity contribution in [3.8, 4) is 0 Å². The van der Waals surface area contributed by atoms with Crippen LogP contribution in [-0.2, 0) is 4.79 Å². The van der Waals surface area contributed by atoms with Gasteiger partial charge in [-0.05, 0) is 53.7 Å². The first kappa shape index (κ1) is 27.0. The van der Waals surface area contributed by atoms with Gasteiger partial charge in [-0.25, -0.2) is 0 Å². The molecule has 174 valence electrons. The van der Waals surface area contributed by atoms with E-state index in [0.29, 0.717) is 8.95 Å². The molecule has 33 heavy (non-hydrogen) atoms. The Labute approximate surface area is 206 Å². The first-order valence-electron chi connectivity index (χ1n) is 9.60. The molecule has 0 atom stereocenters. The summed E-state index contributed by atoms with van der Waals surface area (Å²) in [6.45, 7) is -0.460. The highest BCUT2D eigenvalue weighted by molar-refractivity contribution is 9.10. The second-order valence-electron chi connectivity index (χ2n) is 7.02. The van der Waals surface area contributed by atoms with Crippen molar-refractivity contribution in [2.24, 2.45) is 0 Å². The Morgan fingerprint density at radius 3 is 1.88 bits per heavy atom. The fraction of sp³-hybridized carbons (Fsp3) is 0.211. The number of hydrogen-bond donors (Lipinski definition) is 6. The maximum absolute atomic E-state index is 12.8. The summed E-state index contributed by atoms with van der Waals surface area (Å²) in [7, 11) is -3.54. The molecule has 6 N–H and O–H groups in total. The van der Waals surface area contributed by atoms with Crippen molar-refractivity contribution < 1.29 is 39.6 Å². The Balaban J connectivity index is 2.04. The lowest BCUT2D eigenvalue weighted by atomic mass is 9.79. The van der Waals surface area contributed by atoms with Crippen molar-refractivity contribution in [2.45, 2.75) is 6.42 Å². The Kier molecular flexibility index (Phi) is 10.1. The van der Waals surface area contributed by atoms with E-state index in [1.807, 2.05) is 0 Å². The number of nitrogens with zero attached hydrogens (tertiary/aromatic N) is 1. The summed E-state index contributed by atoms with van der Waals surface area (Å²) in [6, 6.07) is 8.40. The third-order valence-corrected chi connectivity index (χ3v) is 5.37. The van der Waals surface area contributed by atoms with Gasteiger partial charge in [0.1, 0.15) is 6.54 Å². The average molecular weight is 586 g/mol. The summed E-state index contributed by atoms with van der Waals surface area (Å²) < 4.78 is 0.901. The van der Waals surface area contributed by atoms with Crippen LogP contribution in [-0.4, -0.2) is 81.8 Å². The monoisotopic (exact) mass is 584 g/mol. The summed E-state index contributed by atoms with van der Waals surface area (Å²) in [4.78, 5) is 37.5. The third kappa shape index (κ3) is 8.25. The van der Waals surface area contributed by atoms with Gasteiger partial charge in [0.15, 0.2) is 0 Å². The van der Waals surface area contributed by atoms with E-state index in [1.165, 1.54) is 36.4 Å². The van der Waals surface area contributed by atoms with Gasteiger partial charge < -0.3 is 35.4 Å². The van der Waals surface area contributed by atoms with Crippen LogP contribution in [0.2, 0.25) is 0 Å². The Morgan fingerprint density at radius 2 is 1.36 bits per heavy atom. The van der Waals surface area contributed by atoms with Gasteiger partial charge in [0.25, 0.3) is 11.8 Å². The fourth-order valence-electron chi connectivity index (χ4n) is 2.95. The number of hydrogen-bond acceptors (Lipinski definition) is 7. The lowest BCUT2D eigenvalue weighted by Gasteiger charge is -2.21. The molecule has 0 spiro atoms. The molecule has 0 bridgehead atoms. The van der Waals surface area contributed by atoms with Gasteiger partial charge in [-0.1, -0.05) is 31.9 Å². The van der Waals surface area contributed by atoms with Crippen LogP contribution in [0.3, 0.4) is 0 Å². The van der Waals surface area contributed by atoms with Crippen LogP contribution < -0.4 is 16.2 Å². The molecule has 0 aliphatic rings. The van der Waals surface area contributed by atoms with Gasteiger partial charge in [0.2, 0.25) is 0 Å². The second kappa shape index (κ2) is 12.3. The molecular weight excluding hydrogens is 566 g/mol. The lowest BCUT2D eigenvalue weighted by Crippen LogP contribution is -2.39. The molecule has 14 heteroatoms. The summed E-state index contributed by atoms with van der Waals surface area (Å²) in [6.07, 6.45) is 0.234. The van der Waals surface area contributed by atoms with Crippen LogP contribution in [0.4, 0.5) is 0 Å². The maximum Gasteiger partial charge on any atom is 0.488 e. The molecule has 2 aromatic carbocycles. The van der Waals surface area contributed by atoms with Crippen molar-refractivity contribution in [3.05, 3.63) is 56.5 Å². The van der Waals surface area contributed by atoms with Crippen molar-refractivity contribution >= 4 is 74.8 Å². The van der Waals surface area contributed by atoms with Crippen molar-refractivity contribution in [2.75, 3.05) is 19.6 Å². The third-order valence-electron chi connectivity index (χ3n) is 4.45. The summed E-state index contributed by atoms with van der Waals surface area (Å²) in [5.74, 6) is -2.34. The van der Waals surface area contributed by atoms with Crippen LogP contribution in [0.15, 0.2) is 45.3 Å². The van der Waals surface area contributed by atoms with E-state index in [1.54, 1.807) is 0 Å². The first-order chi connectivity index (χ1) is 15.5. The zero-order valence-electron chi connectivity index (χ0n) is 17.1. The molecule has 0 fully saturated rings. The van der Waals surface area contributed by atoms with E-state index in [0.717, 1.165) is 4.90 Å². The quantitative estimate of drug-likeness (QED) is 0.151. The molecule has 10 nitrogen and oxygen atoms in total. The van der Waals surface area contributed by atoms with Crippen molar-refractivity contribution in [1.82, 2.24) is 10.2 Å². The van der Waals surface area contributed by atoms with Crippen LogP contribution >= 0.6 is 31.9 Å². The van der Waals surface area contributed by atoms with E-state index in [9.17, 15) is 34.5 Å². The zero-order chi connectivity index (χ0) is 24.7. The summed E-state index contributed by atoms with van der Waals surface area (Å²) in [5, 5.41) is 49.1. The Morgan fingerprint density at radius 1 is 0.848 bits per heavy atom. The largest absolute Gasteiger partial charge is 0.488 e. The molecule has 2 amide bonds. The lowest BCUT2D eigenvalue weighted by molar-refractivity contribution is -0.137. The molecule has 0 heterocycles. The summed E-state index contributed by atoms with van der Waals surface area (Å²) in [5.41, 5.74) is 0.461. The summed E-state index contributed by atoms with van der Waals surface area (Å²) >= 11 is 6.37. The van der Waals surface area contributed by atoms with Gasteiger partial charge in [-0.2, -0.15) is 0 Å². The molecule has 0 aromatic heterocycles. The maximum atomic E-state index is 12.8. The van der Waals surface area contributed by atoms with E-state index in [-0.39, 0.29) is 41.6 Å². The van der Waals surface area contributed by atoms with Gasteiger partial charge in [-0.3, -0.25) is 14.4 Å². The molecule has 0 saturated heterocycles. The number of carboxylic acids is 1. The predicted molar refractivity (Wildman–Crippen MR) is 128 cm³/mol. The molecule has 0 saturated carbocycles. The fourth-order valence-corrected chi connectivity index (χ4v) is 3.97. The Hall–Kier alpha value is -2.22.